The van der Waals surface area contributed by atoms with E-state index in [2.05, 4.69) is 4.98 Å². The van der Waals surface area contributed by atoms with Crippen molar-refractivity contribution in [2.45, 2.75) is 13.0 Å². The Morgan fingerprint density at radius 1 is 1.35 bits per heavy atom. The topological polar surface area (TPSA) is 46.8 Å². The first-order chi connectivity index (χ1) is 11.1. The molecular formula is C17H14FN3O2. The molecule has 3 heterocycles. The van der Waals surface area contributed by atoms with Crippen molar-refractivity contribution in [2.24, 2.45) is 0 Å². The number of carbonyl (C=O) groups is 1. The Labute approximate surface area is 131 Å². The second-order valence-corrected chi connectivity index (χ2v) is 5.54. The van der Waals surface area contributed by atoms with E-state index in [0.29, 0.717) is 17.8 Å². The van der Waals surface area contributed by atoms with E-state index in [9.17, 15) is 9.18 Å². The van der Waals surface area contributed by atoms with E-state index in [1.54, 1.807) is 52.2 Å². The molecule has 0 saturated heterocycles. The molecule has 5 nitrogen and oxygen atoms in total. The van der Waals surface area contributed by atoms with Gasteiger partial charge in [-0.05, 0) is 31.2 Å². The van der Waals surface area contributed by atoms with Crippen molar-refractivity contribution in [1.82, 2.24) is 9.38 Å². The number of amides is 1. The van der Waals surface area contributed by atoms with E-state index in [4.69, 9.17) is 4.74 Å². The number of anilines is 1. The van der Waals surface area contributed by atoms with Crippen LogP contribution in [0, 0.1) is 5.82 Å². The predicted molar refractivity (Wildman–Crippen MR) is 83.4 cm³/mol. The number of hydrogen-bond donors (Lipinski definition) is 0. The molecular weight excluding hydrogens is 297 g/mol. The molecule has 1 aliphatic heterocycles. The van der Waals surface area contributed by atoms with Gasteiger partial charge in [0.25, 0.3) is 5.91 Å². The molecule has 2 aromatic heterocycles. The number of fused-ring (bicyclic) bond motifs is 2. The van der Waals surface area contributed by atoms with E-state index < -0.39 is 5.82 Å². The number of ether oxygens (including phenoxy) is 1. The fourth-order valence-corrected chi connectivity index (χ4v) is 2.82. The summed E-state index contributed by atoms with van der Waals surface area (Å²) in [5.74, 6) is -0.525. The van der Waals surface area contributed by atoms with Gasteiger partial charge in [0, 0.05) is 18.6 Å². The normalized spacial score (nSPS) is 17.0. The molecule has 4 rings (SSSR count). The van der Waals surface area contributed by atoms with Crippen molar-refractivity contribution in [3.05, 3.63) is 60.3 Å². The van der Waals surface area contributed by atoms with E-state index in [-0.39, 0.29) is 17.8 Å². The molecule has 116 valence electrons. The Morgan fingerprint density at radius 3 is 3.09 bits per heavy atom. The molecule has 0 unspecified atom stereocenters. The van der Waals surface area contributed by atoms with Crippen molar-refractivity contribution < 1.29 is 13.9 Å². The number of benzene rings is 1. The molecule has 0 bridgehead atoms. The van der Waals surface area contributed by atoms with E-state index in [0.717, 1.165) is 5.65 Å². The molecule has 1 aliphatic rings. The van der Waals surface area contributed by atoms with Crippen LogP contribution in [-0.2, 0) is 0 Å². The molecule has 0 fully saturated rings. The number of imidazole rings is 1. The molecule has 3 aromatic rings. The lowest BCUT2D eigenvalue weighted by atomic mass is 10.1. The van der Waals surface area contributed by atoms with Crippen LogP contribution < -0.4 is 9.64 Å². The molecule has 0 radical (unpaired) electrons. The van der Waals surface area contributed by atoms with Crippen LogP contribution in [0.15, 0.2) is 48.9 Å². The Bertz CT molecular complexity index is 906. The van der Waals surface area contributed by atoms with Gasteiger partial charge in [-0.25, -0.2) is 9.37 Å². The third-order valence-corrected chi connectivity index (χ3v) is 3.88. The molecule has 1 amide bonds. The van der Waals surface area contributed by atoms with Crippen LogP contribution in [0.4, 0.5) is 10.1 Å². The van der Waals surface area contributed by atoms with Gasteiger partial charge in [0.15, 0.2) is 11.6 Å². The number of nitrogens with zero attached hydrogens (tertiary/aromatic N) is 3. The largest absolute Gasteiger partial charge is 0.484 e. The first-order valence-electron chi connectivity index (χ1n) is 7.33. The Hall–Kier alpha value is -2.89. The fraction of sp³-hybridized carbons (Fsp3) is 0.176. The molecule has 0 saturated carbocycles. The van der Waals surface area contributed by atoms with Gasteiger partial charge in [-0.1, -0.05) is 6.07 Å². The summed E-state index contributed by atoms with van der Waals surface area (Å²) in [6.45, 7) is 2.19. The van der Waals surface area contributed by atoms with Crippen LogP contribution in [0.25, 0.3) is 5.65 Å². The maximum absolute atomic E-state index is 14.0. The number of rotatable bonds is 1. The quantitative estimate of drug-likeness (QED) is 0.694. The van der Waals surface area contributed by atoms with Crippen molar-refractivity contribution in [3.8, 4) is 5.75 Å². The van der Waals surface area contributed by atoms with Crippen LogP contribution in [0.1, 0.15) is 17.3 Å². The zero-order chi connectivity index (χ0) is 16.0. The minimum absolute atomic E-state index is 0.128. The van der Waals surface area contributed by atoms with Gasteiger partial charge in [0.05, 0.1) is 17.8 Å². The average Bonchev–Trinajstić information content (AvgIpc) is 3.02. The van der Waals surface area contributed by atoms with Crippen LogP contribution >= 0.6 is 0 Å². The van der Waals surface area contributed by atoms with Crippen LogP contribution in [0.2, 0.25) is 0 Å². The Morgan fingerprint density at radius 2 is 2.22 bits per heavy atom. The molecule has 6 heteroatoms. The second kappa shape index (κ2) is 5.08. The van der Waals surface area contributed by atoms with Crippen molar-refractivity contribution >= 4 is 17.2 Å². The zero-order valence-electron chi connectivity index (χ0n) is 12.4. The van der Waals surface area contributed by atoms with Gasteiger partial charge in [-0.15, -0.1) is 0 Å². The highest BCUT2D eigenvalue weighted by molar-refractivity contribution is 6.07. The molecule has 1 aromatic carbocycles. The highest BCUT2D eigenvalue weighted by Crippen LogP contribution is 2.36. The number of aromatic nitrogens is 2. The lowest BCUT2D eigenvalue weighted by Gasteiger charge is -2.33. The van der Waals surface area contributed by atoms with Crippen molar-refractivity contribution in [2.75, 3.05) is 11.4 Å². The number of para-hydroxylation sites is 1. The Balaban J connectivity index is 1.77. The average molecular weight is 311 g/mol. The van der Waals surface area contributed by atoms with Crippen LogP contribution in [-0.4, -0.2) is 27.9 Å². The summed E-state index contributed by atoms with van der Waals surface area (Å²) in [7, 11) is 0. The summed E-state index contributed by atoms with van der Waals surface area (Å²) in [5, 5.41) is 0. The molecule has 23 heavy (non-hydrogen) atoms. The summed E-state index contributed by atoms with van der Waals surface area (Å²) in [6.07, 6.45) is 4.90. The zero-order valence-corrected chi connectivity index (χ0v) is 12.4. The standard InChI is InChI=1S/C17H14FN3O2/c1-11-9-21(14-4-2-3-13(18)16(14)23-11)17(22)12-5-6-15-19-7-8-20(15)10-12/h2-8,10-11H,9H2,1H3/t11-/m1/s1. The molecule has 0 aliphatic carbocycles. The minimum Gasteiger partial charge on any atom is -0.484 e. The van der Waals surface area contributed by atoms with Gasteiger partial charge in [0.2, 0.25) is 0 Å². The second-order valence-electron chi connectivity index (χ2n) is 5.54. The SMILES string of the molecule is C[C@@H]1CN(C(=O)c2ccc3nccn3c2)c2cccc(F)c2O1. The number of hydrogen-bond acceptors (Lipinski definition) is 3. The number of halogens is 1. The monoisotopic (exact) mass is 311 g/mol. The van der Waals surface area contributed by atoms with Gasteiger partial charge in [-0.3, -0.25) is 4.79 Å². The fourth-order valence-electron chi connectivity index (χ4n) is 2.82. The first kappa shape index (κ1) is 13.8. The van der Waals surface area contributed by atoms with E-state index in [1.165, 1.54) is 6.07 Å². The van der Waals surface area contributed by atoms with Gasteiger partial charge < -0.3 is 14.0 Å². The lowest BCUT2D eigenvalue weighted by molar-refractivity contribution is 0.0958. The summed E-state index contributed by atoms with van der Waals surface area (Å²) in [6, 6.07) is 8.11. The highest BCUT2D eigenvalue weighted by Gasteiger charge is 2.30. The Kier molecular flexibility index (Phi) is 3.04. The van der Waals surface area contributed by atoms with Gasteiger partial charge in [-0.2, -0.15) is 0 Å². The lowest BCUT2D eigenvalue weighted by Crippen LogP contribution is -2.42. The number of carbonyl (C=O) groups excluding carboxylic acids is 1. The van der Waals surface area contributed by atoms with Crippen LogP contribution in [0.5, 0.6) is 5.75 Å². The summed E-state index contributed by atoms with van der Waals surface area (Å²) in [4.78, 5) is 18.6. The number of pyridine rings is 1. The summed E-state index contributed by atoms with van der Waals surface area (Å²) < 4.78 is 21.3. The minimum atomic E-state index is -0.461. The highest BCUT2D eigenvalue weighted by atomic mass is 19.1. The molecule has 1 atom stereocenters. The summed E-state index contributed by atoms with van der Waals surface area (Å²) >= 11 is 0. The van der Waals surface area contributed by atoms with E-state index in [1.807, 2.05) is 6.92 Å². The van der Waals surface area contributed by atoms with Crippen molar-refractivity contribution in [1.29, 1.82) is 0 Å². The molecule has 0 N–H and O–H groups in total. The maximum atomic E-state index is 14.0. The maximum Gasteiger partial charge on any atom is 0.260 e. The third-order valence-electron chi connectivity index (χ3n) is 3.88. The van der Waals surface area contributed by atoms with Gasteiger partial charge >= 0.3 is 0 Å². The van der Waals surface area contributed by atoms with Crippen molar-refractivity contribution in [3.63, 3.8) is 0 Å². The van der Waals surface area contributed by atoms with Crippen LogP contribution in [0.3, 0.4) is 0 Å². The first-order valence-corrected chi connectivity index (χ1v) is 7.33. The van der Waals surface area contributed by atoms with Gasteiger partial charge in [0.1, 0.15) is 11.8 Å². The summed E-state index contributed by atoms with van der Waals surface area (Å²) in [5.41, 5.74) is 1.74. The molecule has 0 spiro atoms. The predicted octanol–water partition coefficient (Wildman–Crippen LogP) is 2.90. The van der Waals surface area contributed by atoms with E-state index >= 15 is 0 Å². The smallest absolute Gasteiger partial charge is 0.260 e. The third kappa shape index (κ3) is 2.23.